The van der Waals surface area contributed by atoms with Crippen molar-refractivity contribution in [2.24, 2.45) is 0 Å². The smallest absolute Gasteiger partial charge is 0.0303 e. The molecule has 0 aromatic rings. The van der Waals surface area contributed by atoms with Crippen LogP contribution in [0.5, 0.6) is 0 Å². The molecular formula is C9H13N. The van der Waals surface area contributed by atoms with Gasteiger partial charge in [0.2, 0.25) is 0 Å². The van der Waals surface area contributed by atoms with Gasteiger partial charge in [-0.2, -0.15) is 0 Å². The van der Waals surface area contributed by atoms with Gasteiger partial charge in [0.05, 0.1) is 0 Å². The van der Waals surface area contributed by atoms with E-state index in [-0.39, 0.29) is 0 Å². The molecule has 1 heteroatoms. The molecule has 1 saturated carbocycles. The maximum Gasteiger partial charge on any atom is 0.0303 e. The van der Waals surface area contributed by atoms with Gasteiger partial charge in [0.1, 0.15) is 0 Å². The summed E-state index contributed by atoms with van der Waals surface area (Å²) in [5, 5.41) is 6.73. The van der Waals surface area contributed by atoms with E-state index in [4.69, 9.17) is 5.41 Å². The van der Waals surface area contributed by atoms with Gasteiger partial charge in [0.15, 0.2) is 0 Å². The first kappa shape index (κ1) is 7.34. The molecule has 1 nitrogen and oxygen atoms in total. The first-order valence-electron chi connectivity index (χ1n) is 3.96. The van der Waals surface area contributed by atoms with E-state index in [1.807, 2.05) is 0 Å². The predicted octanol–water partition coefficient (Wildman–Crippen LogP) is 2.67. The maximum atomic E-state index is 6.73. The Hall–Kier alpha value is -0.770. The highest BCUT2D eigenvalue weighted by atomic mass is 14.3. The van der Waals surface area contributed by atoms with E-state index >= 15 is 0 Å². The Morgan fingerprint density at radius 1 is 1.00 bits per heavy atom. The van der Waals surface area contributed by atoms with Crippen molar-refractivity contribution >= 4 is 5.87 Å². The van der Waals surface area contributed by atoms with Gasteiger partial charge in [-0.25, -0.2) is 0 Å². The molecule has 0 aromatic carbocycles. The molecule has 0 aliphatic heterocycles. The third-order valence-electron chi connectivity index (χ3n) is 1.95. The van der Waals surface area contributed by atoms with Crippen LogP contribution >= 0.6 is 0 Å². The van der Waals surface area contributed by atoms with Crippen molar-refractivity contribution in [3.63, 3.8) is 0 Å². The van der Waals surface area contributed by atoms with E-state index in [1.54, 1.807) is 0 Å². The lowest BCUT2D eigenvalue weighted by atomic mass is 10.1. The van der Waals surface area contributed by atoms with Gasteiger partial charge in [-0.15, -0.1) is 0 Å². The van der Waals surface area contributed by atoms with Crippen LogP contribution in [0.3, 0.4) is 0 Å². The highest BCUT2D eigenvalue weighted by Crippen LogP contribution is 2.20. The lowest BCUT2D eigenvalue weighted by Gasteiger charge is -1.93. The molecule has 0 unspecified atom stereocenters. The normalized spacial score (nSPS) is 19.0. The van der Waals surface area contributed by atoms with Gasteiger partial charge in [-0.1, -0.05) is 18.6 Å². The Bertz CT molecular complexity index is 171. The van der Waals surface area contributed by atoms with Gasteiger partial charge >= 0.3 is 0 Å². The minimum Gasteiger partial charge on any atom is -0.251 e. The highest BCUT2D eigenvalue weighted by molar-refractivity contribution is 5.47. The number of rotatable bonds is 0. The monoisotopic (exact) mass is 135 g/mol. The fourth-order valence-corrected chi connectivity index (χ4v) is 1.37. The molecule has 0 aromatic heterocycles. The number of nitrogens with one attached hydrogen (secondary N) is 1. The molecule has 0 atom stereocenters. The van der Waals surface area contributed by atoms with Gasteiger partial charge in [-0.05, 0) is 31.3 Å². The number of hydrogen-bond acceptors (Lipinski definition) is 1. The van der Waals surface area contributed by atoms with Crippen molar-refractivity contribution in [2.45, 2.75) is 38.5 Å². The first-order chi connectivity index (χ1) is 4.93. The lowest BCUT2D eigenvalue weighted by Crippen LogP contribution is -1.76. The zero-order valence-corrected chi connectivity index (χ0v) is 6.24. The van der Waals surface area contributed by atoms with E-state index in [1.165, 1.54) is 31.3 Å². The molecule has 0 bridgehead atoms. The molecule has 1 aliphatic carbocycles. The van der Waals surface area contributed by atoms with Crippen LogP contribution in [0.1, 0.15) is 38.5 Å². The van der Waals surface area contributed by atoms with Crippen LogP contribution in [-0.2, 0) is 0 Å². The topological polar surface area (TPSA) is 23.9 Å². The van der Waals surface area contributed by atoms with Crippen LogP contribution in [0, 0.1) is 5.41 Å². The van der Waals surface area contributed by atoms with Crippen molar-refractivity contribution in [1.82, 2.24) is 0 Å². The summed E-state index contributed by atoms with van der Waals surface area (Å²) in [6, 6.07) is 0. The van der Waals surface area contributed by atoms with Gasteiger partial charge in [0.25, 0.3) is 0 Å². The van der Waals surface area contributed by atoms with Crippen molar-refractivity contribution in [3.05, 3.63) is 11.3 Å². The van der Waals surface area contributed by atoms with Crippen LogP contribution in [0.15, 0.2) is 11.3 Å². The summed E-state index contributed by atoms with van der Waals surface area (Å²) in [6.45, 7) is 0. The fourth-order valence-electron chi connectivity index (χ4n) is 1.37. The van der Waals surface area contributed by atoms with Crippen LogP contribution in [-0.4, -0.2) is 5.87 Å². The second kappa shape index (κ2) is 4.11. The van der Waals surface area contributed by atoms with Gasteiger partial charge in [0, 0.05) is 5.87 Å². The Balaban J connectivity index is 2.59. The van der Waals surface area contributed by atoms with Crippen LogP contribution in [0.4, 0.5) is 0 Å². The van der Waals surface area contributed by atoms with Crippen molar-refractivity contribution in [3.8, 4) is 0 Å². The second-order valence-electron chi connectivity index (χ2n) is 2.77. The summed E-state index contributed by atoms with van der Waals surface area (Å²) in [6.07, 6.45) is 7.55. The number of hydrogen-bond donors (Lipinski definition) is 1. The van der Waals surface area contributed by atoms with Crippen LogP contribution < -0.4 is 0 Å². The zero-order chi connectivity index (χ0) is 7.23. The molecule has 0 amide bonds. The van der Waals surface area contributed by atoms with Crippen LogP contribution in [0.2, 0.25) is 0 Å². The molecule has 0 heterocycles. The average molecular weight is 135 g/mol. The van der Waals surface area contributed by atoms with Crippen molar-refractivity contribution in [2.75, 3.05) is 0 Å². The molecule has 10 heavy (non-hydrogen) atoms. The van der Waals surface area contributed by atoms with Crippen molar-refractivity contribution in [1.29, 1.82) is 5.41 Å². The number of allylic oxidation sites excluding steroid dienone is 1. The third-order valence-corrected chi connectivity index (χ3v) is 1.95. The van der Waals surface area contributed by atoms with Crippen molar-refractivity contribution < 1.29 is 0 Å². The maximum absolute atomic E-state index is 6.73. The Labute approximate surface area is 62.0 Å². The summed E-state index contributed by atoms with van der Waals surface area (Å²) in [5.74, 6) is 2.23. The standard InChI is InChI=1S/C9H13N/c10-8-7-9-5-3-1-2-4-6-9/h10H,1-6H2. The molecular weight excluding hydrogens is 122 g/mol. The molecule has 0 spiro atoms. The molecule has 1 fully saturated rings. The average Bonchev–Trinajstić information content (AvgIpc) is 2.17. The third kappa shape index (κ3) is 2.23. The van der Waals surface area contributed by atoms with Gasteiger partial charge in [-0.3, -0.25) is 5.41 Å². The van der Waals surface area contributed by atoms with E-state index in [2.05, 4.69) is 11.6 Å². The van der Waals surface area contributed by atoms with E-state index in [0.29, 0.717) is 0 Å². The molecule has 54 valence electrons. The molecule has 1 rings (SSSR count). The van der Waals surface area contributed by atoms with E-state index in [0.717, 1.165) is 12.8 Å². The summed E-state index contributed by atoms with van der Waals surface area (Å²) >= 11 is 0. The molecule has 1 N–H and O–H groups in total. The Morgan fingerprint density at radius 3 is 2.10 bits per heavy atom. The largest absolute Gasteiger partial charge is 0.251 e. The summed E-state index contributed by atoms with van der Waals surface area (Å²) < 4.78 is 0. The van der Waals surface area contributed by atoms with E-state index in [9.17, 15) is 0 Å². The zero-order valence-electron chi connectivity index (χ0n) is 6.24. The Kier molecular flexibility index (Phi) is 3.02. The second-order valence-corrected chi connectivity index (χ2v) is 2.77. The summed E-state index contributed by atoms with van der Waals surface area (Å²) in [7, 11) is 0. The summed E-state index contributed by atoms with van der Waals surface area (Å²) in [5.41, 5.74) is 4.16. The molecule has 1 aliphatic rings. The quantitative estimate of drug-likeness (QED) is 0.300. The van der Waals surface area contributed by atoms with Crippen LogP contribution in [0.25, 0.3) is 0 Å². The minimum absolute atomic E-state index is 1.14. The highest BCUT2D eigenvalue weighted by Gasteiger charge is 2.02. The van der Waals surface area contributed by atoms with Gasteiger partial charge < -0.3 is 0 Å². The first-order valence-corrected chi connectivity index (χ1v) is 3.96. The predicted molar refractivity (Wildman–Crippen MR) is 42.5 cm³/mol. The lowest BCUT2D eigenvalue weighted by molar-refractivity contribution is 0.702. The summed E-state index contributed by atoms with van der Waals surface area (Å²) in [4.78, 5) is 0. The SMILES string of the molecule is N=C=C=C1CCCCCC1. The molecule has 0 radical (unpaired) electrons. The molecule has 0 saturated heterocycles. The fraction of sp³-hybridized carbons (Fsp3) is 0.667. The van der Waals surface area contributed by atoms with E-state index < -0.39 is 0 Å². The Morgan fingerprint density at radius 2 is 1.60 bits per heavy atom. The minimum atomic E-state index is 1.14.